The molecule has 4 heterocycles. The molecule has 4 bridgehead atoms. The second-order valence-electron chi connectivity index (χ2n) is 15.9. The van der Waals surface area contributed by atoms with Gasteiger partial charge in [0.2, 0.25) is 5.60 Å². The van der Waals surface area contributed by atoms with Gasteiger partial charge in [0.25, 0.3) is 5.97 Å². The van der Waals surface area contributed by atoms with Gasteiger partial charge in [0.1, 0.15) is 22.9 Å². The van der Waals surface area contributed by atoms with Gasteiger partial charge in [0.15, 0.2) is 12.2 Å². The number of rotatable bonds is 6. The van der Waals surface area contributed by atoms with Crippen LogP contribution >= 0.6 is 0 Å². The molecule has 266 valence electrons. The van der Waals surface area contributed by atoms with E-state index in [1.807, 2.05) is 20.8 Å². The Morgan fingerprint density at radius 1 is 0.878 bits per heavy atom. The second-order valence-corrected chi connectivity index (χ2v) is 15.9. The molecule has 0 N–H and O–H groups in total. The van der Waals surface area contributed by atoms with E-state index in [9.17, 15) is 24.0 Å². The molecule has 49 heavy (non-hydrogen) atoms. The van der Waals surface area contributed by atoms with E-state index in [4.69, 9.17) is 42.3 Å². The number of hydrogen-bond acceptors (Lipinski definition) is 14. The molecule has 13 atom stereocenters. The Morgan fingerprint density at radius 3 is 2.16 bits per heavy atom. The average Bonchev–Trinajstić information content (AvgIpc) is 3.70. The minimum Gasteiger partial charge on any atom is -0.472 e. The molecule has 0 aromatic carbocycles. The average molecular weight is 687 g/mol. The molecule has 1 aromatic rings. The van der Waals surface area contributed by atoms with Crippen molar-refractivity contribution in [3.05, 3.63) is 24.2 Å². The van der Waals surface area contributed by atoms with Gasteiger partial charge in [-0.05, 0) is 31.2 Å². The maximum Gasteiger partial charge on any atom is 0.306 e. The van der Waals surface area contributed by atoms with Crippen LogP contribution in [0.15, 0.2) is 23.0 Å². The molecular weight excluding hydrogens is 644 g/mol. The molecule has 1 aromatic heterocycles. The summed E-state index contributed by atoms with van der Waals surface area (Å²) in [6.07, 6.45) is -0.00265. The van der Waals surface area contributed by atoms with Gasteiger partial charge in [-0.3, -0.25) is 24.0 Å². The maximum atomic E-state index is 13.8. The number of furan rings is 1. The first kappa shape index (κ1) is 32.7. The van der Waals surface area contributed by atoms with Crippen LogP contribution in [0.2, 0.25) is 0 Å². The van der Waals surface area contributed by atoms with Gasteiger partial charge in [-0.15, -0.1) is 0 Å². The van der Waals surface area contributed by atoms with Crippen LogP contribution in [0.5, 0.6) is 0 Å². The van der Waals surface area contributed by atoms with Crippen molar-refractivity contribution in [1.29, 1.82) is 0 Å². The monoisotopic (exact) mass is 686 g/mol. The quantitative estimate of drug-likeness (QED) is 0.315. The Hall–Kier alpha value is -3.49. The van der Waals surface area contributed by atoms with Gasteiger partial charge in [0, 0.05) is 61.8 Å². The summed E-state index contributed by atoms with van der Waals surface area (Å²) in [6, 6.07) is 1.73. The molecule has 4 aliphatic carbocycles. The molecule has 0 amide bonds. The molecule has 2 spiro atoms. The lowest BCUT2D eigenvalue weighted by atomic mass is 9.33. The van der Waals surface area contributed by atoms with Crippen molar-refractivity contribution in [2.45, 2.75) is 127 Å². The zero-order valence-electron chi connectivity index (χ0n) is 28.9. The van der Waals surface area contributed by atoms with Gasteiger partial charge < -0.3 is 42.3 Å². The molecule has 14 nitrogen and oxygen atoms in total. The summed E-state index contributed by atoms with van der Waals surface area (Å²) in [5, 5.41) is 0. The molecular formula is C35H42O14. The molecule has 0 unspecified atom stereocenters. The summed E-state index contributed by atoms with van der Waals surface area (Å²) in [4.78, 5) is 67.1. The first-order valence-corrected chi connectivity index (χ1v) is 16.8. The smallest absolute Gasteiger partial charge is 0.306 e. The summed E-state index contributed by atoms with van der Waals surface area (Å²) in [5.74, 6) is -6.47. The summed E-state index contributed by atoms with van der Waals surface area (Å²) in [5.41, 5.74) is -9.35. The van der Waals surface area contributed by atoms with Crippen molar-refractivity contribution in [3.63, 3.8) is 0 Å². The van der Waals surface area contributed by atoms with Gasteiger partial charge in [0.05, 0.1) is 26.1 Å². The van der Waals surface area contributed by atoms with E-state index < -0.39 is 105 Å². The highest BCUT2D eigenvalue weighted by atomic mass is 16.9. The lowest BCUT2D eigenvalue weighted by Crippen LogP contribution is -2.94. The van der Waals surface area contributed by atoms with Crippen molar-refractivity contribution in [2.24, 2.45) is 28.1 Å². The predicted molar refractivity (Wildman–Crippen MR) is 159 cm³/mol. The van der Waals surface area contributed by atoms with Crippen LogP contribution in [0.25, 0.3) is 0 Å². The van der Waals surface area contributed by atoms with Crippen LogP contribution in [0.3, 0.4) is 0 Å². The van der Waals surface area contributed by atoms with E-state index in [1.165, 1.54) is 40.4 Å². The standard InChI is InChI=1S/C35H42O14/c1-17(36)43-26-29(5)16-33-30(6,21(29)13-23(39)41-8)32-11-10-28(4)22(14-24(40)45-25(28)20-9-12-42-15-20)34(32,49-31(7,47-32)48-33)27(44-18(2)37)35(26,33)46-19(3)38/h9,12,15,21-22,25-27H,10-11,13-14,16H2,1-8H3/t21-,22+,25-,26-,27+,28+,29-,30-,31-,32+,33-,34-,35+/m0/s1. The number of ether oxygens (including phenoxy) is 8. The highest BCUT2D eigenvalue weighted by Crippen LogP contribution is 2.90. The topological polar surface area (TPSA) is 172 Å². The fraction of sp³-hybridized carbons (Fsp3) is 0.743. The van der Waals surface area contributed by atoms with E-state index in [2.05, 4.69) is 0 Å². The zero-order chi connectivity index (χ0) is 35.4. The van der Waals surface area contributed by atoms with E-state index >= 15 is 0 Å². The molecule has 3 saturated heterocycles. The van der Waals surface area contributed by atoms with E-state index in [0.717, 1.165) is 0 Å². The molecule has 7 aliphatic rings. The Labute approximate surface area is 282 Å². The number of cyclic esters (lactones) is 1. The van der Waals surface area contributed by atoms with Gasteiger partial charge in [-0.2, -0.15) is 0 Å². The number of carbonyl (C=O) groups is 5. The minimum atomic E-state index is -2.01. The fourth-order valence-electron chi connectivity index (χ4n) is 12.8. The molecule has 4 saturated carbocycles. The largest absolute Gasteiger partial charge is 0.472 e. The normalized spacial score (nSPS) is 50.9. The highest BCUT2D eigenvalue weighted by molar-refractivity contribution is 5.75. The van der Waals surface area contributed by atoms with Crippen molar-refractivity contribution < 1.29 is 66.3 Å². The number of carbonyl (C=O) groups excluding carboxylic acids is 5. The van der Waals surface area contributed by atoms with Crippen LogP contribution in [0.1, 0.15) is 92.2 Å². The van der Waals surface area contributed by atoms with Crippen molar-refractivity contribution in [2.75, 3.05) is 7.11 Å². The van der Waals surface area contributed by atoms with Crippen LogP contribution in [-0.2, 0) is 61.9 Å². The molecule has 0 radical (unpaired) electrons. The number of hydrogen-bond donors (Lipinski definition) is 0. The van der Waals surface area contributed by atoms with E-state index in [-0.39, 0.29) is 19.3 Å². The third-order valence-electron chi connectivity index (χ3n) is 13.8. The molecule has 7 fully saturated rings. The number of fused-ring (bicyclic) bond motifs is 3. The predicted octanol–water partition coefficient (Wildman–Crippen LogP) is 3.44. The van der Waals surface area contributed by atoms with Gasteiger partial charge in [-0.25, -0.2) is 0 Å². The SMILES string of the molecule is COC(=O)C[C@H]1[C@]2(C)C[C@]34O[C@@]5(C)O[C@@]6([C@@H]7CC(=O)O[C@@H](c8ccoc8)[C@]7(C)CC[C@@]6(O5)[C@]13C)[C@@H](OC(C)=O)[C@]4(OC(C)=O)[C@H]2OC(C)=O. The summed E-state index contributed by atoms with van der Waals surface area (Å²) in [7, 11) is 1.30. The van der Waals surface area contributed by atoms with E-state index in [0.29, 0.717) is 18.4 Å². The van der Waals surface area contributed by atoms with Gasteiger partial charge >= 0.3 is 29.8 Å². The minimum absolute atomic E-state index is 0.125. The maximum absolute atomic E-state index is 13.8. The number of methoxy groups -OCH3 is 1. The Kier molecular flexibility index (Phi) is 6.30. The van der Waals surface area contributed by atoms with Gasteiger partial charge in [-0.1, -0.05) is 20.8 Å². The molecule has 8 rings (SSSR count). The highest BCUT2D eigenvalue weighted by Gasteiger charge is 3.05. The Bertz CT molecular complexity index is 1690. The second kappa shape index (κ2) is 9.43. The van der Waals surface area contributed by atoms with Crippen molar-refractivity contribution in [1.82, 2.24) is 0 Å². The first-order valence-electron chi connectivity index (χ1n) is 16.8. The van der Waals surface area contributed by atoms with Crippen LogP contribution < -0.4 is 0 Å². The lowest BCUT2D eigenvalue weighted by molar-refractivity contribution is -0.477. The van der Waals surface area contributed by atoms with Crippen LogP contribution in [-0.4, -0.2) is 77.5 Å². The van der Waals surface area contributed by atoms with Crippen molar-refractivity contribution in [3.8, 4) is 0 Å². The lowest BCUT2D eigenvalue weighted by Gasteiger charge is -2.77. The number of esters is 5. The van der Waals surface area contributed by atoms with Crippen molar-refractivity contribution >= 4 is 29.8 Å². The fourth-order valence-corrected chi connectivity index (χ4v) is 12.8. The third-order valence-corrected chi connectivity index (χ3v) is 13.8. The molecule has 14 heteroatoms. The van der Waals surface area contributed by atoms with Crippen LogP contribution in [0, 0.1) is 28.1 Å². The summed E-state index contributed by atoms with van der Waals surface area (Å²) >= 11 is 0. The summed E-state index contributed by atoms with van der Waals surface area (Å²) < 4.78 is 57.3. The van der Waals surface area contributed by atoms with E-state index in [1.54, 1.807) is 13.0 Å². The Morgan fingerprint density at radius 2 is 1.55 bits per heavy atom. The summed E-state index contributed by atoms with van der Waals surface area (Å²) in [6.45, 7) is 11.1. The molecule has 3 aliphatic heterocycles. The third kappa shape index (κ3) is 3.33. The first-order chi connectivity index (χ1) is 22.9. The van der Waals surface area contributed by atoms with Crippen LogP contribution in [0.4, 0.5) is 0 Å². The zero-order valence-corrected chi connectivity index (χ0v) is 28.9. The Balaban J connectivity index is 1.50.